The molecule has 6 heteroatoms. The topological polar surface area (TPSA) is 58.7 Å². The maximum Gasteiger partial charge on any atom is 0.0645 e. The first-order valence-electron chi connectivity index (χ1n) is 6.07. The Hall–Kier alpha value is 0.0200. The molecule has 2 heterocycles. The number of nitrogens with zero attached hydrogens (tertiary/aromatic N) is 1. The van der Waals surface area contributed by atoms with E-state index in [0.29, 0.717) is 13.2 Å². The summed E-state index contributed by atoms with van der Waals surface area (Å²) >= 11 is 5.18. The minimum atomic E-state index is 0.0164. The van der Waals surface area contributed by atoms with Crippen LogP contribution in [-0.2, 0) is 4.74 Å². The van der Waals surface area contributed by atoms with E-state index in [1.165, 1.54) is 4.88 Å². The number of aliphatic hydroxyl groups is 1. The minimum Gasteiger partial charge on any atom is -0.395 e. The molecule has 3 N–H and O–H groups in total. The Morgan fingerprint density at radius 3 is 3.06 bits per heavy atom. The Morgan fingerprint density at radius 2 is 2.50 bits per heavy atom. The molecule has 1 aliphatic rings. The summed E-state index contributed by atoms with van der Waals surface area (Å²) in [6, 6.07) is 2.31. The molecular formula is C12H19BrN2O2S. The van der Waals surface area contributed by atoms with Gasteiger partial charge in [-0.2, -0.15) is 0 Å². The van der Waals surface area contributed by atoms with Crippen molar-refractivity contribution in [1.29, 1.82) is 0 Å². The molecule has 0 bridgehead atoms. The van der Waals surface area contributed by atoms with Gasteiger partial charge >= 0.3 is 0 Å². The maximum atomic E-state index is 9.48. The first-order valence-corrected chi connectivity index (χ1v) is 7.74. The lowest BCUT2D eigenvalue weighted by Gasteiger charge is -2.41. The van der Waals surface area contributed by atoms with Crippen LogP contribution in [0.1, 0.15) is 17.8 Å². The van der Waals surface area contributed by atoms with Gasteiger partial charge in [0.05, 0.1) is 31.9 Å². The van der Waals surface area contributed by atoms with E-state index in [1.54, 1.807) is 11.3 Å². The lowest BCUT2D eigenvalue weighted by atomic mass is 10.0. The number of thiophene rings is 1. The van der Waals surface area contributed by atoms with Crippen LogP contribution in [0.4, 0.5) is 0 Å². The lowest BCUT2D eigenvalue weighted by Crippen LogP contribution is -2.52. The van der Waals surface area contributed by atoms with E-state index in [4.69, 9.17) is 10.5 Å². The number of hydrogen-bond acceptors (Lipinski definition) is 5. The molecule has 1 aromatic heterocycles. The number of nitrogens with two attached hydrogens (primary N) is 1. The monoisotopic (exact) mass is 334 g/mol. The average Bonchev–Trinajstić information content (AvgIpc) is 2.76. The van der Waals surface area contributed by atoms with Gasteiger partial charge < -0.3 is 15.6 Å². The van der Waals surface area contributed by atoms with Gasteiger partial charge in [0, 0.05) is 27.3 Å². The van der Waals surface area contributed by atoms with Crippen molar-refractivity contribution >= 4 is 27.3 Å². The SMILES string of the molecule is CC(N)C(c1cc(Br)cs1)N1CCOCC1CO. The van der Waals surface area contributed by atoms with Crippen molar-refractivity contribution < 1.29 is 9.84 Å². The molecule has 0 saturated carbocycles. The molecule has 1 aromatic rings. The highest BCUT2D eigenvalue weighted by atomic mass is 79.9. The third-order valence-corrected chi connectivity index (χ3v) is 4.98. The number of ether oxygens (including phenoxy) is 1. The highest BCUT2D eigenvalue weighted by Crippen LogP contribution is 2.33. The van der Waals surface area contributed by atoms with E-state index < -0.39 is 0 Å². The molecule has 1 saturated heterocycles. The van der Waals surface area contributed by atoms with E-state index in [1.807, 2.05) is 6.92 Å². The van der Waals surface area contributed by atoms with Crippen LogP contribution in [-0.4, -0.2) is 48.5 Å². The predicted molar refractivity (Wildman–Crippen MR) is 76.8 cm³/mol. The lowest BCUT2D eigenvalue weighted by molar-refractivity contribution is -0.0509. The van der Waals surface area contributed by atoms with E-state index in [9.17, 15) is 5.11 Å². The molecule has 102 valence electrons. The Morgan fingerprint density at radius 1 is 1.72 bits per heavy atom. The second-order valence-corrected chi connectivity index (χ2v) is 6.48. The molecule has 18 heavy (non-hydrogen) atoms. The molecule has 0 aliphatic carbocycles. The zero-order chi connectivity index (χ0) is 13.1. The van der Waals surface area contributed by atoms with Crippen LogP contribution in [0.2, 0.25) is 0 Å². The summed E-state index contributed by atoms with van der Waals surface area (Å²) in [6.45, 7) is 4.21. The van der Waals surface area contributed by atoms with E-state index >= 15 is 0 Å². The van der Waals surface area contributed by atoms with Crippen LogP contribution in [0.5, 0.6) is 0 Å². The minimum absolute atomic E-state index is 0.0164. The van der Waals surface area contributed by atoms with Crippen molar-refractivity contribution in [2.24, 2.45) is 5.73 Å². The summed E-state index contributed by atoms with van der Waals surface area (Å²) in [4.78, 5) is 3.50. The summed E-state index contributed by atoms with van der Waals surface area (Å²) in [5.74, 6) is 0. The summed E-state index contributed by atoms with van der Waals surface area (Å²) in [6.07, 6.45) is 0. The summed E-state index contributed by atoms with van der Waals surface area (Å²) in [5.41, 5.74) is 6.15. The zero-order valence-electron chi connectivity index (χ0n) is 10.4. The Bertz CT molecular complexity index is 386. The quantitative estimate of drug-likeness (QED) is 0.877. The van der Waals surface area contributed by atoms with Gasteiger partial charge in [0.15, 0.2) is 0 Å². The fraction of sp³-hybridized carbons (Fsp3) is 0.667. The van der Waals surface area contributed by atoms with Crippen LogP contribution < -0.4 is 5.73 Å². The Kier molecular flexibility index (Phi) is 5.17. The number of rotatable bonds is 4. The van der Waals surface area contributed by atoms with Gasteiger partial charge in [-0.1, -0.05) is 0 Å². The molecular weight excluding hydrogens is 316 g/mol. The third kappa shape index (κ3) is 3.12. The fourth-order valence-electron chi connectivity index (χ4n) is 2.40. The highest BCUT2D eigenvalue weighted by molar-refractivity contribution is 9.10. The first kappa shape index (κ1) is 14.4. The van der Waals surface area contributed by atoms with E-state index in [2.05, 4.69) is 32.3 Å². The van der Waals surface area contributed by atoms with Crippen LogP contribution in [0.15, 0.2) is 15.9 Å². The maximum absolute atomic E-state index is 9.48. The average molecular weight is 335 g/mol. The second-order valence-electron chi connectivity index (χ2n) is 4.62. The van der Waals surface area contributed by atoms with Crippen molar-refractivity contribution in [3.8, 4) is 0 Å². The van der Waals surface area contributed by atoms with Crippen LogP contribution in [0.25, 0.3) is 0 Å². The number of halogens is 1. The normalized spacial score (nSPS) is 25.0. The molecule has 0 aromatic carbocycles. The van der Waals surface area contributed by atoms with E-state index in [-0.39, 0.29) is 24.7 Å². The van der Waals surface area contributed by atoms with Gasteiger partial charge in [0.1, 0.15) is 0 Å². The van der Waals surface area contributed by atoms with Gasteiger partial charge in [-0.25, -0.2) is 0 Å². The molecule has 1 aliphatic heterocycles. The first-order chi connectivity index (χ1) is 8.63. The van der Waals surface area contributed by atoms with E-state index in [0.717, 1.165) is 11.0 Å². The molecule has 0 spiro atoms. The molecule has 3 atom stereocenters. The smallest absolute Gasteiger partial charge is 0.0645 e. The summed E-state index contributed by atoms with van der Waals surface area (Å²) in [5, 5.41) is 11.5. The fourth-order valence-corrected chi connectivity index (χ4v) is 4.08. The Balaban J connectivity index is 2.23. The second kappa shape index (κ2) is 6.45. The van der Waals surface area contributed by atoms with Crippen LogP contribution in [0.3, 0.4) is 0 Å². The number of aliphatic hydroxyl groups excluding tert-OH is 1. The molecule has 4 nitrogen and oxygen atoms in total. The van der Waals surface area contributed by atoms with Crippen molar-refractivity contribution in [3.63, 3.8) is 0 Å². The van der Waals surface area contributed by atoms with Crippen molar-refractivity contribution in [2.75, 3.05) is 26.4 Å². The van der Waals surface area contributed by atoms with Gasteiger partial charge in [-0.05, 0) is 28.9 Å². The van der Waals surface area contributed by atoms with Gasteiger partial charge in [0.25, 0.3) is 0 Å². The molecule has 2 rings (SSSR count). The predicted octanol–water partition coefficient (Wildman–Crippen LogP) is 1.59. The standard InChI is InChI=1S/C12H19BrN2O2S/c1-8(14)12(11-4-9(13)7-18-11)15-2-3-17-6-10(15)5-16/h4,7-8,10,12,16H,2-3,5-6,14H2,1H3. The molecule has 0 radical (unpaired) electrons. The van der Waals surface area contributed by atoms with Crippen molar-refractivity contribution in [3.05, 3.63) is 20.8 Å². The molecule has 0 amide bonds. The van der Waals surface area contributed by atoms with Crippen molar-refractivity contribution in [1.82, 2.24) is 4.90 Å². The van der Waals surface area contributed by atoms with Crippen LogP contribution >= 0.6 is 27.3 Å². The summed E-state index contributed by atoms with van der Waals surface area (Å²) < 4.78 is 6.51. The van der Waals surface area contributed by atoms with Crippen molar-refractivity contribution in [2.45, 2.75) is 25.0 Å². The molecule has 3 unspecified atom stereocenters. The Labute approximate surface area is 120 Å². The highest BCUT2D eigenvalue weighted by Gasteiger charge is 2.32. The molecule has 1 fully saturated rings. The number of morpholine rings is 1. The van der Waals surface area contributed by atoms with Gasteiger partial charge in [-0.15, -0.1) is 11.3 Å². The van der Waals surface area contributed by atoms with Gasteiger partial charge in [-0.3, -0.25) is 4.90 Å². The van der Waals surface area contributed by atoms with Crippen LogP contribution in [0, 0.1) is 0 Å². The third-order valence-electron chi connectivity index (χ3n) is 3.22. The van der Waals surface area contributed by atoms with Gasteiger partial charge in [0.2, 0.25) is 0 Å². The largest absolute Gasteiger partial charge is 0.395 e. The summed E-state index contributed by atoms with van der Waals surface area (Å²) in [7, 11) is 0. The number of hydrogen-bond donors (Lipinski definition) is 2. The zero-order valence-corrected chi connectivity index (χ0v) is 12.8.